The van der Waals surface area contributed by atoms with Crippen molar-refractivity contribution in [1.82, 2.24) is 4.98 Å². The molecule has 0 bridgehead atoms. The van der Waals surface area contributed by atoms with Crippen LogP contribution in [0.15, 0.2) is 22.9 Å². The molecule has 0 saturated carbocycles. The zero-order valence-corrected chi connectivity index (χ0v) is 12.2. The Bertz CT molecular complexity index is 590. The highest BCUT2D eigenvalue weighted by molar-refractivity contribution is 7.07. The molecule has 0 fully saturated rings. The van der Waals surface area contributed by atoms with E-state index in [0.717, 1.165) is 29.2 Å². The van der Waals surface area contributed by atoms with Gasteiger partial charge in [0.1, 0.15) is 5.84 Å². The fourth-order valence-corrected chi connectivity index (χ4v) is 2.84. The van der Waals surface area contributed by atoms with Gasteiger partial charge < -0.3 is 10.6 Å². The van der Waals surface area contributed by atoms with Gasteiger partial charge in [0.05, 0.1) is 16.9 Å². The van der Waals surface area contributed by atoms with E-state index in [0.29, 0.717) is 0 Å². The quantitative estimate of drug-likeness (QED) is 0.665. The van der Waals surface area contributed by atoms with E-state index >= 15 is 0 Å². The first-order valence-corrected chi connectivity index (χ1v) is 6.98. The summed E-state index contributed by atoms with van der Waals surface area (Å²) in [5.74, 6) is 0.0668. The van der Waals surface area contributed by atoms with Gasteiger partial charge in [-0.05, 0) is 42.3 Å². The molecule has 2 aromatic rings. The summed E-state index contributed by atoms with van der Waals surface area (Å²) in [7, 11) is 2.01. The van der Waals surface area contributed by atoms with Crippen LogP contribution in [0.2, 0.25) is 0 Å². The second-order valence-electron chi connectivity index (χ2n) is 4.64. The molecule has 0 aromatic carbocycles. The van der Waals surface area contributed by atoms with Gasteiger partial charge in [0.15, 0.2) is 0 Å². The number of aromatic nitrogens is 1. The first-order chi connectivity index (χ1) is 8.99. The van der Waals surface area contributed by atoms with Gasteiger partial charge in [-0.3, -0.25) is 10.4 Å². The molecule has 0 aliphatic heterocycles. The van der Waals surface area contributed by atoms with Crippen LogP contribution in [0.4, 0.5) is 5.69 Å². The van der Waals surface area contributed by atoms with Crippen molar-refractivity contribution in [2.45, 2.75) is 20.4 Å². The molecule has 2 rings (SSSR count). The van der Waals surface area contributed by atoms with Crippen LogP contribution in [-0.2, 0) is 6.54 Å². The standard InChI is InChI=1S/C14H18N4S/c1-9-6-12(13(14(15)16)10(2)17-9)18(3)7-11-4-5-19-8-11/h4-6,8H,7H2,1-3H3,(H3,15,16). The third kappa shape index (κ3) is 2.93. The predicted molar refractivity (Wildman–Crippen MR) is 81.2 cm³/mol. The van der Waals surface area contributed by atoms with Crippen molar-refractivity contribution in [1.29, 1.82) is 5.41 Å². The summed E-state index contributed by atoms with van der Waals surface area (Å²) < 4.78 is 0. The number of nitrogens with two attached hydrogens (primary N) is 1. The molecule has 3 N–H and O–H groups in total. The molecule has 5 heteroatoms. The maximum Gasteiger partial charge on any atom is 0.126 e. The lowest BCUT2D eigenvalue weighted by molar-refractivity contribution is 0.915. The second-order valence-corrected chi connectivity index (χ2v) is 5.42. The predicted octanol–water partition coefficient (Wildman–Crippen LogP) is 2.68. The number of pyridine rings is 1. The SMILES string of the molecule is Cc1cc(N(C)Cc2ccsc2)c(C(=N)N)c(C)n1. The van der Waals surface area contributed by atoms with Crippen molar-refractivity contribution in [3.63, 3.8) is 0 Å². The molecule has 0 amide bonds. The Kier molecular flexibility index (Phi) is 3.85. The lowest BCUT2D eigenvalue weighted by Crippen LogP contribution is -2.23. The highest BCUT2D eigenvalue weighted by Crippen LogP contribution is 2.24. The third-order valence-corrected chi connectivity index (χ3v) is 3.72. The molecule has 0 spiro atoms. The summed E-state index contributed by atoms with van der Waals surface area (Å²) in [6.45, 7) is 4.65. The maximum absolute atomic E-state index is 7.74. The van der Waals surface area contributed by atoms with Gasteiger partial charge >= 0.3 is 0 Å². The van der Waals surface area contributed by atoms with Crippen LogP contribution >= 0.6 is 11.3 Å². The molecular weight excluding hydrogens is 256 g/mol. The highest BCUT2D eigenvalue weighted by atomic mass is 32.1. The Hall–Kier alpha value is -1.88. The van der Waals surface area contributed by atoms with Crippen molar-refractivity contribution < 1.29 is 0 Å². The summed E-state index contributed by atoms with van der Waals surface area (Å²) in [5, 5.41) is 11.9. The molecule has 2 heterocycles. The molecule has 0 saturated heterocycles. The van der Waals surface area contributed by atoms with Gasteiger partial charge in [-0.2, -0.15) is 11.3 Å². The number of thiophene rings is 1. The number of hydrogen-bond donors (Lipinski definition) is 2. The Morgan fingerprint density at radius 3 is 2.79 bits per heavy atom. The average molecular weight is 274 g/mol. The minimum absolute atomic E-state index is 0.0668. The fraction of sp³-hybridized carbons (Fsp3) is 0.286. The second kappa shape index (κ2) is 5.40. The van der Waals surface area contributed by atoms with Crippen molar-refractivity contribution in [2.24, 2.45) is 5.73 Å². The molecule has 0 unspecified atom stereocenters. The van der Waals surface area contributed by atoms with E-state index in [1.54, 1.807) is 11.3 Å². The van der Waals surface area contributed by atoms with E-state index in [1.165, 1.54) is 5.56 Å². The lowest BCUT2D eigenvalue weighted by Gasteiger charge is -2.23. The third-order valence-electron chi connectivity index (χ3n) is 2.99. The first kappa shape index (κ1) is 13.5. The van der Waals surface area contributed by atoms with Gasteiger partial charge in [-0.25, -0.2) is 0 Å². The Morgan fingerprint density at radius 2 is 2.21 bits per heavy atom. The van der Waals surface area contributed by atoms with Gasteiger partial charge in [-0.15, -0.1) is 0 Å². The number of nitrogen functional groups attached to an aromatic ring is 1. The molecule has 4 nitrogen and oxygen atoms in total. The summed E-state index contributed by atoms with van der Waals surface area (Å²) >= 11 is 1.69. The van der Waals surface area contributed by atoms with E-state index in [2.05, 4.69) is 26.7 Å². The fourth-order valence-electron chi connectivity index (χ4n) is 2.18. The summed E-state index contributed by atoms with van der Waals surface area (Å²) in [6.07, 6.45) is 0. The number of amidine groups is 1. The number of hydrogen-bond acceptors (Lipinski definition) is 4. The molecule has 0 aliphatic rings. The molecule has 19 heavy (non-hydrogen) atoms. The number of nitrogens with zero attached hydrogens (tertiary/aromatic N) is 2. The smallest absolute Gasteiger partial charge is 0.126 e. The minimum atomic E-state index is 0.0668. The lowest BCUT2D eigenvalue weighted by atomic mass is 10.1. The molecule has 0 aliphatic carbocycles. The topological polar surface area (TPSA) is 66.0 Å². The van der Waals surface area contributed by atoms with E-state index in [1.807, 2.05) is 27.0 Å². The van der Waals surface area contributed by atoms with Crippen molar-refractivity contribution in [2.75, 3.05) is 11.9 Å². The number of anilines is 1. The zero-order chi connectivity index (χ0) is 14.0. The van der Waals surface area contributed by atoms with Crippen LogP contribution in [-0.4, -0.2) is 17.9 Å². The molecule has 2 aromatic heterocycles. The molecule has 0 atom stereocenters. The van der Waals surface area contributed by atoms with Crippen LogP contribution < -0.4 is 10.6 Å². The molecule has 0 radical (unpaired) electrons. The van der Waals surface area contributed by atoms with E-state index < -0.39 is 0 Å². The zero-order valence-electron chi connectivity index (χ0n) is 11.4. The number of aryl methyl sites for hydroxylation is 2. The molecular formula is C14H18N4S. The summed E-state index contributed by atoms with van der Waals surface area (Å²) in [6, 6.07) is 4.09. The maximum atomic E-state index is 7.74. The van der Waals surface area contributed by atoms with Gasteiger partial charge in [0.2, 0.25) is 0 Å². The summed E-state index contributed by atoms with van der Waals surface area (Å²) in [5.41, 5.74) is 10.4. The minimum Gasteiger partial charge on any atom is -0.384 e. The Labute approximate surface area is 117 Å². The first-order valence-electron chi connectivity index (χ1n) is 6.04. The summed E-state index contributed by atoms with van der Waals surface area (Å²) in [4.78, 5) is 6.50. The van der Waals surface area contributed by atoms with Crippen LogP contribution in [0.1, 0.15) is 22.5 Å². The van der Waals surface area contributed by atoms with E-state index in [9.17, 15) is 0 Å². The average Bonchev–Trinajstić information content (AvgIpc) is 2.79. The van der Waals surface area contributed by atoms with Crippen LogP contribution in [0, 0.1) is 19.3 Å². The van der Waals surface area contributed by atoms with Crippen LogP contribution in [0.5, 0.6) is 0 Å². The Balaban J connectivity index is 2.40. The van der Waals surface area contributed by atoms with Gasteiger partial charge in [-0.1, -0.05) is 0 Å². The van der Waals surface area contributed by atoms with E-state index in [-0.39, 0.29) is 5.84 Å². The Morgan fingerprint density at radius 1 is 1.47 bits per heavy atom. The van der Waals surface area contributed by atoms with Gasteiger partial charge in [0.25, 0.3) is 0 Å². The van der Waals surface area contributed by atoms with E-state index in [4.69, 9.17) is 11.1 Å². The highest BCUT2D eigenvalue weighted by Gasteiger charge is 2.15. The monoisotopic (exact) mass is 274 g/mol. The van der Waals surface area contributed by atoms with Crippen molar-refractivity contribution in [3.8, 4) is 0 Å². The molecule has 100 valence electrons. The van der Waals surface area contributed by atoms with Crippen molar-refractivity contribution >= 4 is 22.9 Å². The van der Waals surface area contributed by atoms with Crippen LogP contribution in [0.25, 0.3) is 0 Å². The normalized spacial score (nSPS) is 10.5. The van der Waals surface area contributed by atoms with Crippen molar-refractivity contribution in [3.05, 3.63) is 45.4 Å². The van der Waals surface area contributed by atoms with Crippen LogP contribution in [0.3, 0.4) is 0 Å². The number of nitrogens with one attached hydrogen (secondary N) is 1. The number of rotatable bonds is 4. The largest absolute Gasteiger partial charge is 0.384 e. The van der Waals surface area contributed by atoms with Gasteiger partial charge in [0, 0.05) is 19.3 Å².